The van der Waals surface area contributed by atoms with Crippen molar-refractivity contribution >= 4 is 29.0 Å². The van der Waals surface area contributed by atoms with Crippen LogP contribution in [-0.2, 0) is 19.1 Å². The first-order valence-corrected chi connectivity index (χ1v) is 6.57. The number of esters is 2. The number of cyclic esters (lactones) is 2. The van der Waals surface area contributed by atoms with Crippen molar-refractivity contribution in [2.24, 2.45) is 0 Å². The molecule has 0 amide bonds. The van der Waals surface area contributed by atoms with Gasteiger partial charge in [0.1, 0.15) is 5.69 Å². The third-order valence-corrected chi connectivity index (χ3v) is 2.95. The summed E-state index contributed by atoms with van der Waals surface area (Å²) in [4.78, 5) is 43.0. The maximum absolute atomic E-state index is 13.7. The van der Waals surface area contributed by atoms with Crippen molar-refractivity contribution in [2.45, 2.75) is 19.6 Å². The van der Waals surface area contributed by atoms with Crippen LogP contribution in [0.15, 0.2) is 23.9 Å². The third-order valence-electron chi connectivity index (χ3n) is 2.95. The van der Waals surface area contributed by atoms with E-state index in [-0.39, 0.29) is 0 Å². The molecule has 1 aliphatic rings. The van der Waals surface area contributed by atoms with Gasteiger partial charge in [-0.1, -0.05) is 0 Å². The predicted octanol–water partition coefficient (Wildman–Crippen LogP) is 1.77. The van der Waals surface area contributed by atoms with Crippen molar-refractivity contribution in [1.29, 1.82) is 0 Å². The highest BCUT2D eigenvalue weighted by Crippen LogP contribution is 2.32. The molecule has 2 rings (SSSR count). The Morgan fingerprint density at radius 1 is 1.08 bits per heavy atom. The topological polar surface area (TPSA) is 151 Å². The SMILES string of the molecule is CC1(C)OC(=O)C(=CNc2cc(F)c([N+](=O)[O-])cc2[N+](=O)[O-])C(=O)O1. The molecule has 12 heteroatoms. The van der Waals surface area contributed by atoms with Crippen LogP contribution in [0.5, 0.6) is 0 Å². The molecule has 0 radical (unpaired) electrons. The summed E-state index contributed by atoms with van der Waals surface area (Å²) in [6.45, 7) is 2.65. The molecular weight excluding hydrogens is 345 g/mol. The molecule has 25 heavy (non-hydrogen) atoms. The van der Waals surface area contributed by atoms with Crippen molar-refractivity contribution in [2.75, 3.05) is 5.32 Å². The van der Waals surface area contributed by atoms with Crippen LogP contribution in [0.2, 0.25) is 0 Å². The summed E-state index contributed by atoms with van der Waals surface area (Å²) in [5.74, 6) is -4.93. The molecule has 0 aliphatic carbocycles. The first kappa shape index (κ1) is 17.8. The zero-order chi connectivity index (χ0) is 18.9. The van der Waals surface area contributed by atoms with Crippen LogP contribution in [0.25, 0.3) is 0 Å². The van der Waals surface area contributed by atoms with E-state index in [1.807, 2.05) is 0 Å². The number of ether oxygens (including phenoxy) is 2. The summed E-state index contributed by atoms with van der Waals surface area (Å²) >= 11 is 0. The number of carbonyl (C=O) groups excluding carboxylic acids is 2. The Morgan fingerprint density at radius 3 is 2.08 bits per heavy atom. The molecule has 11 nitrogen and oxygen atoms in total. The van der Waals surface area contributed by atoms with Gasteiger partial charge in [0.15, 0.2) is 5.57 Å². The monoisotopic (exact) mass is 355 g/mol. The first-order chi connectivity index (χ1) is 11.5. The Hall–Kier alpha value is -3.57. The Morgan fingerprint density at radius 2 is 1.60 bits per heavy atom. The zero-order valence-corrected chi connectivity index (χ0v) is 12.8. The highest BCUT2D eigenvalue weighted by atomic mass is 19.1. The van der Waals surface area contributed by atoms with Gasteiger partial charge in [0, 0.05) is 26.1 Å². The lowest BCUT2D eigenvalue weighted by Crippen LogP contribution is -2.42. The molecule has 0 saturated carbocycles. The highest BCUT2D eigenvalue weighted by molar-refractivity contribution is 6.15. The van der Waals surface area contributed by atoms with E-state index in [1.54, 1.807) is 0 Å². The van der Waals surface area contributed by atoms with Crippen molar-refractivity contribution in [1.82, 2.24) is 0 Å². The summed E-state index contributed by atoms with van der Waals surface area (Å²) < 4.78 is 23.3. The van der Waals surface area contributed by atoms with Gasteiger partial charge in [-0.25, -0.2) is 9.59 Å². The fraction of sp³-hybridized carbons (Fsp3) is 0.231. The molecule has 0 bridgehead atoms. The molecular formula is C13H10FN3O8. The largest absolute Gasteiger partial charge is 0.419 e. The molecule has 1 aromatic rings. The van der Waals surface area contributed by atoms with Gasteiger partial charge in [-0.3, -0.25) is 20.2 Å². The number of nitro benzene ring substituents is 2. The minimum absolute atomic E-state index is 0.413. The maximum atomic E-state index is 13.7. The van der Waals surface area contributed by atoms with Crippen LogP contribution in [0.1, 0.15) is 13.8 Å². The van der Waals surface area contributed by atoms with Crippen molar-refractivity contribution < 1.29 is 33.3 Å². The fourth-order valence-electron chi connectivity index (χ4n) is 1.89. The van der Waals surface area contributed by atoms with Crippen LogP contribution in [0, 0.1) is 26.0 Å². The molecule has 1 heterocycles. The molecule has 1 aromatic carbocycles. The van der Waals surface area contributed by atoms with Gasteiger partial charge >= 0.3 is 17.6 Å². The number of nitrogens with one attached hydrogen (secondary N) is 1. The van der Waals surface area contributed by atoms with Gasteiger partial charge in [0.2, 0.25) is 5.82 Å². The lowest BCUT2D eigenvalue weighted by Gasteiger charge is -2.29. The lowest BCUT2D eigenvalue weighted by atomic mass is 10.2. The fourth-order valence-corrected chi connectivity index (χ4v) is 1.89. The Labute approximate surface area is 138 Å². The molecule has 1 N–H and O–H groups in total. The second kappa shape index (κ2) is 6.14. The van der Waals surface area contributed by atoms with Gasteiger partial charge in [0.25, 0.3) is 11.5 Å². The molecule has 0 unspecified atom stereocenters. The van der Waals surface area contributed by atoms with E-state index < -0.39 is 56.0 Å². The molecule has 132 valence electrons. The lowest BCUT2D eigenvalue weighted by molar-refractivity contribution is -0.395. The van der Waals surface area contributed by atoms with Crippen LogP contribution >= 0.6 is 0 Å². The van der Waals surface area contributed by atoms with Crippen molar-refractivity contribution in [3.63, 3.8) is 0 Å². The van der Waals surface area contributed by atoms with Gasteiger partial charge in [0.05, 0.1) is 15.9 Å². The second-order valence-electron chi connectivity index (χ2n) is 5.22. The number of hydrogen-bond donors (Lipinski definition) is 1. The van der Waals surface area contributed by atoms with E-state index in [1.165, 1.54) is 13.8 Å². The molecule has 1 saturated heterocycles. The second-order valence-corrected chi connectivity index (χ2v) is 5.22. The number of rotatable bonds is 4. The van der Waals surface area contributed by atoms with E-state index in [4.69, 9.17) is 9.47 Å². The van der Waals surface area contributed by atoms with Crippen molar-refractivity contribution in [3.05, 3.63) is 50.0 Å². The standard InChI is InChI=1S/C13H10FN3O8/c1-13(2)24-11(18)6(12(19)25-13)5-15-8-3-7(14)9(16(20)21)4-10(8)17(22)23/h3-5,15H,1-2H3. The molecule has 1 aliphatic heterocycles. The van der Waals surface area contributed by atoms with E-state index in [2.05, 4.69) is 5.32 Å². The number of nitro groups is 2. The van der Waals surface area contributed by atoms with Crippen LogP contribution < -0.4 is 5.32 Å². The van der Waals surface area contributed by atoms with E-state index in [0.717, 1.165) is 6.20 Å². The minimum atomic E-state index is -1.48. The number of carbonyl (C=O) groups is 2. The van der Waals surface area contributed by atoms with Crippen LogP contribution in [0.4, 0.5) is 21.5 Å². The third kappa shape index (κ3) is 3.68. The van der Waals surface area contributed by atoms with E-state index >= 15 is 0 Å². The average Bonchev–Trinajstić information content (AvgIpc) is 2.44. The van der Waals surface area contributed by atoms with E-state index in [0.29, 0.717) is 12.1 Å². The van der Waals surface area contributed by atoms with Crippen molar-refractivity contribution in [3.8, 4) is 0 Å². The highest BCUT2D eigenvalue weighted by Gasteiger charge is 2.39. The maximum Gasteiger partial charge on any atom is 0.350 e. The summed E-state index contributed by atoms with van der Waals surface area (Å²) in [7, 11) is 0. The first-order valence-electron chi connectivity index (χ1n) is 6.57. The number of benzene rings is 1. The summed E-state index contributed by atoms with van der Waals surface area (Å²) in [5.41, 5.74) is -3.05. The number of anilines is 1. The van der Waals surface area contributed by atoms with Gasteiger partial charge in [-0.05, 0) is 0 Å². The average molecular weight is 355 g/mol. The Kier molecular flexibility index (Phi) is 4.37. The summed E-state index contributed by atoms with van der Waals surface area (Å²) in [5, 5.41) is 23.8. The summed E-state index contributed by atoms with van der Waals surface area (Å²) in [6.07, 6.45) is 0.730. The van der Waals surface area contributed by atoms with Gasteiger partial charge < -0.3 is 14.8 Å². The molecule has 0 atom stereocenters. The molecule has 1 fully saturated rings. The quantitative estimate of drug-likeness (QED) is 0.280. The zero-order valence-electron chi connectivity index (χ0n) is 12.8. The Bertz CT molecular complexity index is 811. The predicted molar refractivity (Wildman–Crippen MR) is 77.7 cm³/mol. The smallest absolute Gasteiger partial charge is 0.350 e. The summed E-state index contributed by atoms with van der Waals surface area (Å²) in [6, 6.07) is 0.910. The number of hydrogen-bond acceptors (Lipinski definition) is 9. The van der Waals surface area contributed by atoms with Gasteiger partial charge in [-0.15, -0.1) is 0 Å². The van der Waals surface area contributed by atoms with E-state index in [9.17, 15) is 34.2 Å². The number of nitrogens with zero attached hydrogens (tertiary/aromatic N) is 2. The normalized spacial score (nSPS) is 15.9. The minimum Gasteiger partial charge on any atom is -0.419 e. The van der Waals surface area contributed by atoms with Gasteiger partial charge in [-0.2, -0.15) is 4.39 Å². The Balaban J connectivity index is 2.39. The molecule has 0 aromatic heterocycles. The molecule has 0 spiro atoms. The van der Waals surface area contributed by atoms with Crippen LogP contribution in [0.3, 0.4) is 0 Å². The number of halogens is 1. The van der Waals surface area contributed by atoms with Crippen LogP contribution in [-0.4, -0.2) is 27.6 Å².